The number of piperazine rings is 1. The molecule has 1 aliphatic rings. The first kappa shape index (κ1) is 12.6. The van der Waals surface area contributed by atoms with Crippen LogP contribution >= 0.6 is 0 Å². The normalized spacial score (nSPS) is 16.8. The molecule has 7 nitrogen and oxygen atoms in total. The van der Waals surface area contributed by atoms with Crippen LogP contribution in [0.4, 0.5) is 0 Å². The van der Waals surface area contributed by atoms with Gasteiger partial charge in [-0.1, -0.05) is 0 Å². The van der Waals surface area contributed by atoms with Crippen molar-refractivity contribution in [2.75, 3.05) is 33.2 Å². The average Bonchev–Trinajstić information content (AvgIpc) is 2.78. The van der Waals surface area contributed by atoms with Gasteiger partial charge in [-0.2, -0.15) is 5.10 Å². The summed E-state index contributed by atoms with van der Waals surface area (Å²) in [5.41, 5.74) is 0.0393. The lowest BCUT2D eigenvalue weighted by molar-refractivity contribution is -0.133. The fourth-order valence-corrected chi connectivity index (χ4v) is 1.92. The summed E-state index contributed by atoms with van der Waals surface area (Å²) >= 11 is 0. The standard InChI is InChI=1S/C11H16N4O3/c1-13-4-6-14(7-5-13)10(16)8-15-9(11(17)18)2-3-12-15/h2-3H,4-8H2,1H3,(H,17,18). The molecule has 0 spiro atoms. The van der Waals surface area contributed by atoms with E-state index in [-0.39, 0.29) is 18.1 Å². The van der Waals surface area contributed by atoms with Gasteiger partial charge in [-0.25, -0.2) is 9.48 Å². The molecule has 2 rings (SSSR count). The minimum atomic E-state index is -1.07. The molecule has 0 radical (unpaired) electrons. The number of nitrogens with zero attached hydrogens (tertiary/aromatic N) is 4. The van der Waals surface area contributed by atoms with Gasteiger partial charge in [0.05, 0.1) is 0 Å². The number of carbonyl (C=O) groups excluding carboxylic acids is 1. The van der Waals surface area contributed by atoms with Gasteiger partial charge in [0.1, 0.15) is 12.2 Å². The molecule has 0 aromatic carbocycles. The van der Waals surface area contributed by atoms with Crippen LogP contribution in [0.5, 0.6) is 0 Å². The second-order valence-corrected chi connectivity index (χ2v) is 4.36. The summed E-state index contributed by atoms with van der Waals surface area (Å²) in [6, 6.07) is 1.39. The van der Waals surface area contributed by atoms with Crippen LogP contribution in [-0.4, -0.2) is 69.8 Å². The summed E-state index contributed by atoms with van der Waals surface area (Å²) in [5, 5.41) is 12.8. The SMILES string of the molecule is CN1CCN(C(=O)Cn2nccc2C(=O)O)CC1. The third kappa shape index (κ3) is 2.67. The van der Waals surface area contributed by atoms with Crippen molar-refractivity contribution in [3.63, 3.8) is 0 Å². The Labute approximate surface area is 105 Å². The Bertz CT molecular complexity index is 449. The maximum atomic E-state index is 12.0. The van der Waals surface area contributed by atoms with E-state index >= 15 is 0 Å². The van der Waals surface area contributed by atoms with Crippen LogP contribution in [0, 0.1) is 0 Å². The highest BCUT2D eigenvalue weighted by atomic mass is 16.4. The Balaban J connectivity index is 1.98. The van der Waals surface area contributed by atoms with E-state index in [9.17, 15) is 9.59 Å². The number of aromatic carboxylic acids is 1. The number of aromatic nitrogens is 2. The van der Waals surface area contributed by atoms with Crippen molar-refractivity contribution in [3.8, 4) is 0 Å². The van der Waals surface area contributed by atoms with Crippen molar-refractivity contribution in [3.05, 3.63) is 18.0 Å². The lowest BCUT2D eigenvalue weighted by atomic mass is 10.3. The van der Waals surface area contributed by atoms with Crippen LogP contribution in [0.2, 0.25) is 0 Å². The second kappa shape index (κ2) is 5.18. The van der Waals surface area contributed by atoms with Gasteiger partial charge in [0, 0.05) is 32.4 Å². The number of likely N-dealkylation sites (N-methyl/N-ethyl adjacent to an activating group) is 1. The van der Waals surface area contributed by atoms with Gasteiger partial charge in [0.2, 0.25) is 5.91 Å². The molecular weight excluding hydrogens is 236 g/mol. The minimum absolute atomic E-state index is 0.0155. The molecule has 7 heteroatoms. The fourth-order valence-electron chi connectivity index (χ4n) is 1.92. The third-order valence-electron chi connectivity index (χ3n) is 3.08. The van der Waals surface area contributed by atoms with Gasteiger partial charge < -0.3 is 14.9 Å². The molecule has 18 heavy (non-hydrogen) atoms. The molecule has 1 aromatic heterocycles. The molecule has 1 aliphatic heterocycles. The lowest BCUT2D eigenvalue weighted by Gasteiger charge is -2.32. The lowest BCUT2D eigenvalue weighted by Crippen LogP contribution is -2.48. The van der Waals surface area contributed by atoms with E-state index in [0.29, 0.717) is 13.1 Å². The Hall–Kier alpha value is -1.89. The molecule has 0 atom stereocenters. The van der Waals surface area contributed by atoms with Gasteiger partial charge in [0.15, 0.2) is 0 Å². The first-order chi connectivity index (χ1) is 8.58. The van der Waals surface area contributed by atoms with Gasteiger partial charge in [-0.3, -0.25) is 4.79 Å². The van der Waals surface area contributed by atoms with Crippen LogP contribution < -0.4 is 0 Å². The Morgan fingerprint density at radius 3 is 2.61 bits per heavy atom. The molecule has 0 saturated carbocycles. The molecule has 0 aliphatic carbocycles. The molecule has 1 amide bonds. The quantitative estimate of drug-likeness (QED) is 0.773. The summed E-state index contributed by atoms with van der Waals surface area (Å²) in [6.07, 6.45) is 1.39. The smallest absolute Gasteiger partial charge is 0.354 e. The topological polar surface area (TPSA) is 78.7 Å². The van der Waals surface area contributed by atoms with E-state index in [4.69, 9.17) is 5.11 Å². The fraction of sp³-hybridized carbons (Fsp3) is 0.545. The molecule has 2 heterocycles. The van der Waals surface area contributed by atoms with Crippen molar-refractivity contribution in [1.29, 1.82) is 0 Å². The van der Waals surface area contributed by atoms with Crippen LogP contribution in [-0.2, 0) is 11.3 Å². The monoisotopic (exact) mass is 252 g/mol. The van der Waals surface area contributed by atoms with Crippen LogP contribution in [0.15, 0.2) is 12.3 Å². The maximum absolute atomic E-state index is 12.0. The molecule has 1 N–H and O–H groups in total. The molecule has 0 bridgehead atoms. The summed E-state index contributed by atoms with van der Waals surface area (Å²) in [5.74, 6) is -1.16. The van der Waals surface area contributed by atoms with Crippen LogP contribution in [0.1, 0.15) is 10.5 Å². The highest BCUT2D eigenvalue weighted by Crippen LogP contribution is 2.04. The van der Waals surface area contributed by atoms with Crippen molar-refractivity contribution in [2.24, 2.45) is 0 Å². The van der Waals surface area contributed by atoms with E-state index < -0.39 is 5.97 Å². The zero-order chi connectivity index (χ0) is 13.1. The van der Waals surface area contributed by atoms with E-state index in [0.717, 1.165) is 13.1 Å². The number of amides is 1. The molecular formula is C11H16N4O3. The number of carbonyl (C=O) groups is 2. The molecule has 98 valence electrons. The summed E-state index contributed by atoms with van der Waals surface area (Å²) in [6.45, 7) is 3.03. The van der Waals surface area contributed by atoms with Gasteiger partial charge in [-0.05, 0) is 13.1 Å². The predicted molar refractivity (Wildman–Crippen MR) is 63.3 cm³/mol. The minimum Gasteiger partial charge on any atom is -0.477 e. The summed E-state index contributed by atoms with van der Waals surface area (Å²) in [7, 11) is 2.01. The molecule has 1 saturated heterocycles. The Morgan fingerprint density at radius 2 is 2.00 bits per heavy atom. The van der Waals surface area contributed by atoms with Crippen LogP contribution in [0.3, 0.4) is 0 Å². The maximum Gasteiger partial charge on any atom is 0.354 e. The number of carboxylic acid groups (broad SMARTS) is 1. The first-order valence-electron chi connectivity index (χ1n) is 5.79. The molecule has 0 unspecified atom stereocenters. The summed E-state index contributed by atoms with van der Waals surface area (Å²) in [4.78, 5) is 26.8. The van der Waals surface area contributed by atoms with Crippen molar-refractivity contribution >= 4 is 11.9 Å². The van der Waals surface area contributed by atoms with Crippen molar-refractivity contribution in [2.45, 2.75) is 6.54 Å². The number of carboxylic acids is 1. The zero-order valence-corrected chi connectivity index (χ0v) is 10.2. The average molecular weight is 252 g/mol. The molecule has 1 aromatic rings. The highest BCUT2D eigenvalue weighted by Gasteiger charge is 2.21. The van der Waals surface area contributed by atoms with E-state index in [2.05, 4.69) is 10.00 Å². The molecule has 1 fully saturated rings. The third-order valence-corrected chi connectivity index (χ3v) is 3.08. The second-order valence-electron chi connectivity index (χ2n) is 4.36. The first-order valence-corrected chi connectivity index (χ1v) is 5.79. The van der Waals surface area contributed by atoms with Gasteiger partial charge in [0.25, 0.3) is 0 Å². The van der Waals surface area contributed by atoms with E-state index in [1.165, 1.54) is 16.9 Å². The van der Waals surface area contributed by atoms with Gasteiger partial charge >= 0.3 is 5.97 Å². The highest BCUT2D eigenvalue weighted by molar-refractivity contribution is 5.86. The van der Waals surface area contributed by atoms with Crippen LogP contribution in [0.25, 0.3) is 0 Å². The summed E-state index contributed by atoms with van der Waals surface area (Å²) < 4.78 is 1.23. The van der Waals surface area contributed by atoms with E-state index in [1.54, 1.807) is 4.90 Å². The van der Waals surface area contributed by atoms with E-state index in [1.807, 2.05) is 7.05 Å². The number of hydrogen-bond donors (Lipinski definition) is 1. The van der Waals surface area contributed by atoms with Gasteiger partial charge in [-0.15, -0.1) is 0 Å². The largest absolute Gasteiger partial charge is 0.477 e. The Morgan fingerprint density at radius 1 is 1.33 bits per heavy atom. The Kier molecular flexibility index (Phi) is 3.61. The number of rotatable bonds is 3. The predicted octanol–water partition coefficient (Wildman–Crippen LogP) is -0.645. The van der Waals surface area contributed by atoms with Crippen molar-refractivity contribution < 1.29 is 14.7 Å². The number of hydrogen-bond acceptors (Lipinski definition) is 4. The van der Waals surface area contributed by atoms with Crippen molar-refractivity contribution in [1.82, 2.24) is 19.6 Å². The zero-order valence-electron chi connectivity index (χ0n) is 10.2.